The molecule has 0 fully saturated rings. The molecule has 2 aromatic heterocycles. The zero-order valence-corrected chi connectivity index (χ0v) is 9.75. The molecule has 0 unspecified atom stereocenters. The maximum absolute atomic E-state index is 12.2. The van der Waals surface area contributed by atoms with E-state index in [2.05, 4.69) is 20.4 Å². The number of aromatic amines is 1. The van der Waals surface area contributed by atoms with Gasteiger partial charge in [0.15, 0.2) is 0 Å². The average Bonchev–Trinajstić information content (AvgIpc) is 2.77. The van der Waals surface area contributed by atoms with E-state index in [9.17, 15) is 18.0 Å². The molecule has 0 aromatic carbocycles. The van der Waals surface area contributed by atoms with E-state index in [1.807, 2.05) is 0 Å². The Morgan fingerprint density at radius 1 is 1.42 bits per heavy atom. The standard InChI is InChI=1S/C9H5ClF3N5O/c10-5-3-4(1-2-14-5)6(19)15-8-16-7(17-18-8)9(11,12)13/h1-3H,(H2,15,16,17,18,19). The lowest BCUT2D eigenvalue weighted by Crippen LogP contribution is -2.13. The smallest absolute Gasteiger partial charge is 0.289 e. The largest absolute Gasteiger partial charge is 0.451 e. The summed E-state index contributed by atoms with van der Waals surface area (Å²) in [5.41, 5.74) is 0.123. The fourth-order valence-corrected chi connectivity index (χ4v) is 1.34. The van der Waals surface area contributed by atoms with Gasteiger partial charge in [-0.15, -0.1) is 5.10 Å². The third-order valence-electron chi connectivity index (χ3n) is 1.97. The summed E-state index contributed by atoms with van der Waals surface area (Å²) >= 11 is 5.58. The van der Waals surface area contributed by atoms with E-state index in [0.717, 1.165) is 0 Å². The van der Waals surface area contributed by atoms with E-state index in [1.165, 1.54) is 18.3 Å². The van der Waals surface area contributed by atoms with Crippen molar-refractivity contribution in [3.8, 4) is 0 Å². The fraction of sp³-hybridized carbons (Fsp3) is 0.111. The third kappa shape index (κ3) is 3.19. The Hall–Kier alpha value is -2.16. The monoisotopic (exact) mass is 291 g/mol. The van der Waals surface area contributed by atoms with E-state index in [1.54, 1.807) is 5.10 Å². The Morgan fingerprint density at radius 2 is 2.16 bits per heavy atom. The van der Waals surface area contributed by atoms with Crippen molar-refractivity contribution in [2.75, 3.05) is 5.32 Å². The molecule has 10 heteroatoms. The molecular weight excluding hydrogens is 287 g/mol. The third-order valence-corrected chi connectivity index (χ3v) is 2.17. The van der Waals surface area contributed by atoms with Crippen LogP contribution in [0.5, 0.6) is 0 Å². The van der Waals surface area contributed by atoms with Crippen LogP contribution in [0.25, 0.3) is 0 Å². The Balaban J connectivity index is 2.13. The van der Waals surface area contributed by atoms with Crippen molar-refractivity contribution in [3.63, 3.8) is 0 Å². The predicted molar refractivity (Wildman–Crippen MR) is 58.6 cm³/mol. The normalized spacial score (nSPS) is 11.4. The average molecular weight is 292 g/mol. The van der Waals surface area contributed by atoms with Gasteiger partial charge in [0, 0.05) is 11.8 Å². The van der Waals surface area contributed by atoms with Crippen molar-refractivity contribution < 1.29 is 18.0 Å². The minimum atomic E-state index is -4.66. The maximum atomic E-state index is 12.2. The SMILES string of the molecule is O=C(Nc1n[nH]c(C(F)(F)F)n1)c1ccnc(Cl)c1. The number of carbonyl (C=O) groups is 1. The molecule has 0 aliphatic heterocycles. The van der Waals surface area contributed by atoms with Gasteiger partial charge in [-0.1, -0.05) is 11.6 Å². The van der Waals surface area contributed by atoms with Crippen LogP contribution >= 0.6 is 11.6 Å². The highest BCUT2D eigenvalue weighted by molar-refractivity contribution is 6.29. The number of halogens is 4. The first-order valence-corrected chi connectivity index (χ1v) is 5.16. The highest BCUT2D eigenvalue weighted by Gasteiger charge is 2.35. The van der Waals surface area contributed by atoms with E-state index < -0.39 is 23.9 Å². The number of rotatable bonds is 2. The molecular formula is C9H5ClF3N5O. The van der Waals surface area contributed by atoms with Crippen LogP contribution in [0, 0.1) is 0 Å². The van der Waals surface area contributed by atoms with Crippen LogP contribution in [0.3, 0.4) is 0 Å². The van der Waals surface area contributed by atoms with Crippen molar-refractivity contribution in [1.29, 1.82) is 0 Å². The minimum absolute atomic E-state index is 0.0821. The first kappa shape index (κ1) is 13.3. The van der Waals surface area contributed by atoms with Crippen molar-refractivity contribution in [1.82, 2.24) is 20.2 Å². The Kier molecular flexibility index (Phi) is 3.38. The van der Waals surface area contributed by atoms with Crippen LogP contribution in [-0.4, -0.2) is 26.1 Å². The molecule has 0 spiro atoms. The maximum Gasteiger partial charge on any atom is 0.451 e. The van der Waals surface area contributed by atoms with Crippen molar-refractivity contribution >= 4 is 23.5 Å². The zero-order valence-electron chi connectivity index (χ0n) is 8.99. The highest BCUT2D eigenvalue weighted by Crippen LogP contribution is 2.26. The molecule has 0 bridgehead atoms. The van der Waals surface area contributed by atoms with Crippen LogP contribution in [0.4, 0.5) is 19.1 Å². The Labute approximate surface area is 109 Å². The fourth-order valence-electron chi connectivity index (χ4n) is 1.16. The molecule has 0 saturated carbocycles. The van der Waals surface area contributed by atoms with Gasteiger partial charge in [-0.3, -0.25) is 15.2 Å². The lowest BCUT2D eigenvalue weighted by atomic mass is 10.2. The number of hydrogen-bond donors (Lipinski definition) is 2. The number of carbonyl (C=O) groups excluding carboxylic acids is 1. The number of amides is 1. The van der Waals surface area contributed by atoms with Crippen LogP contribution in [0.15, 0.2) is 18.3 Å². The minimum Gasteiger partial charge on any atom is -0.289 e. The molecule has 2 N–H and O–H groups in total. The topological polar surface area (TPSA) is 83.6 Å². The second kappa shape index (κ2) is 4.84. The van der Waals surface area contributed by atoms with Gasteiger partial charge in [-0.2, -0.15) is 18.2 Å². The van der Waals surface area contributed by atoms with Crippen molar-refractivity contribution in [2.45, 2.75) is 6.18 Å². The molecule has 2 heterocycles. The molecule has 6 nitrogen and oxygen atoms in total. The van der Waals surface area contributed by atoms with Gasteiger partial charge in [-0.05, 0) is 12.1 Å². The second-order valence-electron chi connectivity index (χ2n) is 3.33. The second-order valence-corrected chi connectivity index (χ2v) is 3.71. The number of anilines is 1. The Bertz CT molecular complexity index is 612. The summed E-state index contributed by atoms with van der Waals surface area (Å²) in [7, 11) is 0. The van der Waals surface area contributed by atoms with Gasteiger partial charge < -0.3 is 0 Å². The molecule has 0 saturated heterocycles. The molecule has 1 amide bonds. The number of hydrogen-bond acceptors (Lipinski definition) is 4. The molecule has 0 aliphatic rings. The summed E-state index contributed by atoms with van der Waals surface area (Å²) in [6.45, 7) is 0. The molecule has 0 atom stereocenters. The van der Waals surface area contributed by atoms with Gasteiger partial charge in [0.25, 0.3) is 5.91 Å². The van der Waals surface area contributed by atoms with Crippen LogP contribution < -0.4 is 5.32 Å². The molecule has 0 aliphatic carbocycles. The summed E-state index contributed by atoms with van der Waals surface area (Å²) in [6, 6.07) is 2.60. The molecule has 19 heavy (non-hydrogen) atoms. The number of aromatic nitrogens is 4. The predicted octanol–water partition coefficient (Wildman–Crippen LogP) is 2.12. The van der Waals surface area contributed by atoms with Gasteiger partial charge in [0.05, 0.1) is 0 Å². The van der Waals surface area contributed by atoms with E-state index in [-0.39, 0.29) is 10.7 Å². The van der Waals surface area contributed by atoms with Gasteiger partial charge >= 0.3 is 6.18 Å². The quantitative estimate of drug-likeness (QED) is 0.830. The number of nitrogens with one attached hydrogen (secondary N) is 2. The highest BCUT2D eigenvalue weighted by atomic mass is 35.5. The molecule has 2 rings (SSSR count). The number of H-pyrrole nitrogens is 1. The summed E-state index contributed by atoms with van der Waals surface area (Å²) in [5.74, 6) is -2.47. The van der Waals surface area contributed by atoms with Crippen LogP contribution in [0.1, 0.15) is 16.2 Å². The summed E-state index contributed by atoms with van der Waals surface area (Å²) in [5, 5.41) is 7.09. The van der Waals surface area contributed by atoms with Crippen LogP contribution in [0.2, 0.25) is 5.15 Å². The van der Waals surface area contributed by atoms with Gasteiger partial charge in [0.1, 0.15) is 5.15 Å². The van der Waals surface area contributed by atoms with E-state index in [4.69, 9.17) is 11.6 Å². The molecule has 0 radical (unpaired) electrons. The van der Waals surface area contributed by atoms with Crippen molar-refractivity contribution in [2.24, 2.45) is 0 Å². The van der Waals surface area contributed by atoms with E-state index >= 15 is 0 Å². The van der Waals surface area contributed by atoms with Gasteiger partial charge in [0.2, 0.25) is 11.8 Å². The summed E-state index contributed by atoms with van der Waals surface area (Å²) < 4.78 is 36.7. The lowest BCUT2D eigenvalue weighted by molar-refractivity contribution is -0.144. The molecule has 2 aromatic rings. The number of nitrogens with zero attached hydrogens (tertiary/aromatic N) is 3. The Morgan fingerprint density at radius 3 is 2.74 bits per heavy atom. The zero-order chi connectivity index (χ0) is 14.0. The van der Waals surface area contributed by atoms with Crippen molar-refractivity contribution in [3.05, 3.63) is 34.9 Å². The van der Waals surface area contributed by atoms with E-state index in [0.29, 0.717) is 0 Å². The lowest BCUT2D eigenvalue weighted by Gasteiger charge is -2.01. The first-order chi connectivity index (χ1) is 8.86. The molecule has 100 valence electrons. The van der Waals surface area contributed by atoms with Gasteiger partial charge in [-0.25, -0.2) is 4.98 Å². The summed E-state index contributed by atoms with van der Waals surface area (Å²) in [4.78, 5) is 18.4. The number of alkyl halides is 3. The number of pyridine rings is 1. The first-order valence-electron chi connectivity index (χ1n) is 4.79. The summed E-state index contributed by atoms with van der Waals surface area (Å²) in [6.07, 6.45) is -3.37. The van der Waals surface area contributed by atoms with Crippen LogP contribution in [-0.2, 0) is 6.18 Å².